The highest BCUT2D eigenvalue weighted by Crippen LogP contribution is 2.24. The maximum absolute atomic E-state index is 3.27. The van der Waals surface area contributed by atoms with E-state index < -0.39 is 0 Å². The van der Waals surface area contributed by atoms with Crippen molar-refractivity contribution < 1.29 is 0 Å². The lowest BCUT2D eigenvalue weighted by molar-refractivity contribution is 0.651. The normalized spacial score (nSPS) is 17.1. The van der Waals surface area contributed by atoms with E-state index in [1.807, 2.05) is 7.05 Å². The summed E-state index contributed by atoms with van der Waals surface area (Å²) in [6.07, 6.45) is 3.90. The van der Waals surface area contributed by atoms with Crippen LogP contribution in [0, 0.1) is 0 Å². The molecule has 0 amide bonds. The lowest BCUT2D eigenvalue weighted by atomic mass is 10.0. The minimum absolute atomic E-state index is 0.478. The van der Waals surface area contributed by atoms with Gasteiger partial charge < -0.3 is 5.32 Å². The minimum atomic E-state index is 0.478. The monoisotopic (exact) mass is 175 g/mol. The van der Waals surface area contributed by atoms with Crippen molar-refractivity contribution in [2.45, 2.75) is 32.2 Å². The molecule has 2 rings (SSSR count). The van der Waals surface area contributed by atoms with E-state index in [-0.39, 0.29) is 0 Å². The van der Waals surface area contributed by atoms with E-state index >= 15 is 0 Å². The van der Waals surface area contributed by atoms with Crippen LogP contribution in [0.25, 0.3) is 0 Å². The lowest BCUT2D eigenvalue weighted by Crippen LogP contribution is -2.12. The van der Waals surface area contributed by atoms with Gasteiger partial charge in [-0.15, -0.1) is 0 Å². The van der Waals surface area contributed by atoms with Gasteiger partial charge in [0.05, 0.1) is 0 Å². The minimum Gasteiger partial charge on any atom is -0.313 e. The van der Waals surface area contributed by atoms with Crippen molar-refractivity contribution in [3.8, 4) is 0 Å². The van der Waals surface area contributed by atoms with Gasteiger partial charge in [-0.05, 0) is 49.9 Å². The van der Waals surface area contributed by atoms with Crippen LogP contribution in [-0.2, 0) is 12.8 Å². The topological polar surface area (TPSA) is 12.0 Å². The molecule has 70 valence electrons. The number of rotatable bonds is 2. The zero-order chi connectivity index (χ0) is 9.26. The highest BCUT2D eigenvalue weighted by Gasteiger charge is 2.12. The average molecular weight is 175 g/mol. The Hall–Kier alpha value is -0.820. The van der Waals surface area contributed by atoms with Crippen LogP contribution in [0.15, 0.2) is 18.2 Å². The Labute approximate surface area is 80.2 Å². The third-order valence-corrected chi connectivity index (χ3v) is 3.06. The molecular formula is C12H17N. The molecule has 0 aliphatic heterocycles. The molecule has 1 heteroatoms. The van der Waals surface area contributed by atoms with E-state index in [2.05, 4.69) is 30.4 Å². The molecule has 0 spiro atoms. The van der Waals surface area contributed by atoms with Crippen LogP contribution in [0.1, 0.15) is 36.1 Å². The van der Waals surface area contributed by atoms with Gasteiger partial charge in [-0.1, -0.05) is 18.2 Å². The van der Waals surface area contributed by atoms with Crippen LogP contribution in [0.5, 0.6) is 0 Å². The van der Waals surface area contributed by atoms with E-state index in [0.717, 1.165) is 0 Å². The highest BCUT2D eigenvalue weighted by atomic mass is 14.8. The molecule has 1 nitrogen and oxygen atoms in total. The second-order valence-corrected chi connectivity index (χ2v) is 3.89. The summed E-state index contributed by atoms with van der Waals surface area (Å²) >= 11 is 0. The summed E-state index contributed by atoms with van der Waals surface area (Å²) in [6.45, 7) is 2.21. The van der Waals surface area contributed by atoms with Gasteiger partial charge in [-0.25, -0.2) is 0 Å². The van der Waals surface area contributed by atoms with E-state index in [9.17, 15) is 0 Å². The van der Waals surface area contributed by atoms with E-state index in [4.69, 9.17) is 0 Å². The Kier molecular flexibility index (Phi) is 2.36. The first-order valence-corrected chi connectivity index (χ1v) is 5.10. The molecule has 13 heavy (non-hydrogen) atoms. The van der Waals surface area contributed by atoms with Gasteiger partial charge >= 0.3 is 0 Å². The first-order valence-electron chi connectivity index (χ1n) is 5.10. The van der Waals surface area contributed by atoms with Crippen molar-refractivity contribution in [3.05, 3.63) is 34.9 Å². The zero-order valence-corrected chi connectivity index (χ0v) is 8.43. The van der Waals surface area contributed by atoms with Gasteiger partial charge in [-0.2, -0.15) is 0 Å². The third-order valence-electron chi connectivity index (χ3n) is 3.06. The maximum Gasteiger partial charge on any atom is 0.0289 e. The standard InChI is InChI=1S/C12H17N/c1-9(13-2)11-7-6-10-4-3-5-12(10)8-11/h6-9,13H,3-5H2,1-2H3. The molecule has 1 aromatic rings. The molecule has 0 fully saturated rings. The first kappa shape index (κ1) is 8.76. The molecule has 1 aromatic carbocycles. The molecule has 1 N–H and O–H groups in total. The highest BCUT2D eigenvalue weighted by molar-refractivity contribution is 5.36. The van der Waals surface area contributed by atoms with Crippen LogP contribution in [-0.4, -0.2) is 7.05 Å². The average Bonchev–Trinajstić information content (AvgIpc) is 2.63. The van der Waals surface area contributed by atoms with Crippen LogP contribution >= 0.6 is 0 Å². The van der Waals surface area contributed by atoms with Gasteiger partial charge in [0.1, 0.15) is 0 Å². The summed E-state index contributed by atoms with van der Waals surface area (Å²) in [5.41, 5.74) is 4.55. The Morgan fingerprint density at radius 1 is 1.23 bits per heavy atom. The number of nitrogens with one attached hydrogen (secondary N) is 1. The molecule has 1 atom stereocenters. The van der Waals surface area contributed by atoms with E-state index in [1.165, 1.54) is 24.8 Å². The predicted molar refractivity (Wildman–Crippen MR) is 55.9 cm³/mol. The number of aryl methyl sites for hydroxylation is 2. The van der Waals surface area contributed by atoms with Crippen molar-refractivity contribution in [2.75, 3.05) is 7.05 Å². The largest absolute Gasteiger partial charge is 0.313 e. The molecule has 0 saturated carbocycles. The molecule has 0 bridgehead atoms. The predicted octanol–water partition coefficient (Wildman–Crippen LogP) is 2.46. The Morgan fingerprint density at radius 2 is 2.00 bits per heavy atom. The van der Waals surface area contributed by atoms with Crippen LogP contribution < -0.4 is 5.32 Å². The zero-order valence-electron chi connectivity index (χ0n) is 8.43. The van der Waals surface area contributed by atoms with Gasteiger partial charge in [0.25, 0.3) is 0 Å². The van der Waals surface area contributed by atoms with Crippen LogP contribution in [0.4, 0.5) is 0 Å². The number of hydrogen-bond acceptors (Lipinski definition) is 1. The van der Waals surface area contributed by atoms with Crippen molar-refractivity contribution in [1.29, 1.82) is 0 Å². The van der Waals surface area contributed by atoms with Crippen molar-refractivity contribution >= 4 is 0 Å². The molecule has 0 saturated heterocycles. The molecule has 0 aromatic heterocycles. The lowest BCUT2D eigenvalue weighted by Gasteiger charge is -2.11. The molecule has 1 aliphatic carbocycles. The maximum atomic E-state index is 3.27. The summed E-state index contributed by atoms with van der Waals surface area (Å²) in [5.74, 6) is 0. The Morgan fingerprint density at radius 3 is 2.77 bits per heavy atom. The first-order chi connectivity index (χ1) is 6.31. The smallest absolute Gasteiger partial charge is 0.0289 e. The molecule has 1 unspecified atom stereocenters. The Bertz CT molecular complexity index is 304. The fourth-order valence-electron chi connectivity index (χ4n) is 2.03. The molecule has 0 radical (unpaired) electrons. The molecule has 1 aliphatic rings. The number of hydrogen-bond donors (Lipinski definition) is 1. The van der Waals surface area contributed by atoms with Gasteiger partial charge in [0, 0.05) is 6.04 Å². The van der Waals surface area contributed by atoms with Crippen molar-refractivity contribution in [3.63, 3.8) is 0 Å². The summed E-state index contributed by atoms with van der Waals surface area (Å²) in [7, 11) is 2.01. The van der Waals surface area contributed by atoms with Gasteiger partial charge in [0.15, 0.2) is 0 Å². The number of benzene rings is 1. The van der Waals surface area contributed by atoms with Crippen molar-refractivity contribution in [2.24, 2.45) is 0 Å². The second-order valence-electron chi connectivity index (χ2n) is 3.89. The second kappa shape index (κ2) is 3.51. The summed E-state index contributed by atoms with van der Waals surface area (Å²) in [6, 6.07) is 7.39. The molecular weight excluding hydrogens is 158 g/mol. The fourth-order valence-corrected chi connectivity index (χ4v) is 2.03. The van der Waals surface area contributed by atoms with Crippen LogP contribution in [0.3, 0.4) is 0 Å². The fraction of sp³-hybridized carbons (Fsp3) is 0.500. The summed E-state index contributed by atoms with van der Waals surface area (Å²) < 4.78 is 0. The van der Waals surface area contributed by atoms with Gasteiger partial charge in [-0.3, -0.25) is 0 Å². The van der Waals surface area contributed by atoms with Crippen LogP contribution in [0.2, 0.25) is 0 Å². The summed E-state index contributed by atoms with van der Waals surface area (Å²) in [4.78, 5) is 0. The van der Waals surface area contributed by atoms with Crippen molar-refractivity contribution in [1.82, 2.24) is 5.32 Å². The summed E-state index contributed by atoms with van der Waals surface area (Å²) in [5, 5.41) is 3.27. The molecule has 0 heterocycles. The number of fused-ring (bicyclic) bond motifs is 1. The Balaban J connectivity index is 2.30. The SMILES string of the molecule is CNC(C)c1ccc2c(c1)CCC2. The van der Waals surface area contributed by atoms with Gasteiger partial charge in [0.2, 0.25) is 0 Å². The van der Waals surface area contributed by atoms with E-state index in [1.54, 1.807) is 11.1 Å². The van der Waals surface area contributed by atoms with E-state index in [0.29, 0.717) is 6.04 Å². The quantitative estimate of drug-likeness (QED) is 0.728. The third kappa shape index (κ3) is 1.61.